The molecule has 1 rings (SSSR count). The molecule has 0 aromatic heterocycles. The second-order valence-electron chi connectivity index (χ2n) is 6.30. The van der Waals surface area contributed by atoms with E-state index in [2.05, 4.69) is 22.5 Å². The molecular weight excluding hydrogens is 331 g/mol. The van der Waals surface area contributed by atoms with Crippen LogP contribution in [0.15, 0.2) is 18.2 Å². The molecule has 0 heterocycles. The minimum absolute atomic E-state index is 0.105. The maximum atomic E-state index is 12.1. The van der Waals surface area contributed by atoms with Crippen molar-refractivity contribution in [2.45, 2.75) is 52.5 Å². The number of ketones is 1. The quantitative estimate of drug-likeness (QED) is 0.289. The molecule has 0 aliphatic carbocycles. The topological polar surface area (TPSA) is 98.7 Å². The minimum Gasteiger partial charge on any atom is -0.426 e. The standard InChI is InChI=1S/C19H27BN2O4/c1-5-7-17(23)16(6-2)21-12-19(24)22-18(20(25)26)11-15-9-8-13(3)10-14(15)4/h8-10,16,18,21,25-26H,6,11-12H2,1-4H3,(H,22,24)/t16-,18+/m1/s1. The van der Waals surface area contributed by atoms with E-state index in [0.717, 1.165) is 16.7 Å². The Morgan fingerprint density at radius 1 is 1.27 bits per heavy atom. The predicted molar refractivity (Wildman–Crippen MR) is 102 cm³/mol. The van der Waals surface area contributed by atoms with E-state index in [1.807, 2.05) is 39.0 Å². The SMILES string of the molecule is CC#CC(=O)[C@@H](CC)NCC(=O)N[C@@H](Cc1ccc(C)cc1C)B(O)O. The highest BCUT2D eigenvalue weighted by atomic mass is 16.4. The van der Waals surface area contributed by atoms with Crippen LogP contribution in [0.25, 0.3) is 0 Å². The first-order valence-corrected chi connectivity index (χ1v) is 8.70. The van der Waals surface area contributed by atoms with E-state index in [1.54, 1.807) is 6.92 Å². The highest BCUT2D eigenvalue weighted by Gasteiger charge is 2.26. The number of carbonyl (C=O) groups is 2. The van der Waals surface area contributed by atoms with Gasteiger partial charge in [-0.1, -0.05) is 36.6 Å². The average molecular weight is 358 g/mol. The van der Waals surface area contributed by atoms with Crippen molar-refractivity contribution in [1.29, 1.82) is 0 Å². The number of hydrogen-bond acceptors (Lipinski definition) is 5. The molecule has 140 valence electrons. The molecule has 0 aliphatic heterocycles. The third kappa shape index (κ3) is 7.00. The summed E-state index contributed by atoms with van der Waals surface area (Å²) in [4.78, 5) is 23.9. The number of rotatable bonds is 9. The van der Waals surface area contributed by atoms with Gasteiger partial charge in [0.15, 0.2) is 0 Å². The summed E-state index contributed by atoms with van der Waals surface area (Å²) in [6.45, 7) is 7.23. The van der Waals surface area contributed by atoms with Crippen LogP contribution in [0.5, 0.6) is 0 Å². The number of carbonyl (C=O) groups excluding carboxylic acids is 2. The van der Waals surface area contributed by atoms with Crippen molar-refractivity contribution in [3.05, 3.63) is 34.9 Å². The summed E-state index contributed by atoms with van der Waals surface area (Å²) < 4.78 is 0. The number of Topliss-reactive ketones (excluding diaryl/α,β-unsaturated/α-hetero) is 1. The van der Waals surface area contributed by atoms with Crippen LogP contribution >= 0.6 is 0 Å². The van der Waals surface area contributed by atoms with Crippen LogP contribution in [0.4, 0.5) is 0 Å². The third-order valence-corrected chi connectivity index (χ3v) is 4.13. The van der Waals surface area contributed by atoms with Crippen LogP contribution in [-0.2, 0) is 16.0 Å². The van der Waals surface area contributed by atoms with Crippen molar-refractivity contribution >= 4 is 18.8 Å². The van der Waals surface area contributed by atoms with Gasteiger partial charge >= 0.3 is 7.12 Å². The predicted octanol–water partition coefficient (Wildman–Crippen LogP) is 0.303. The van der Waals surface area contributed by atoms with Crippen LogP contribution in [0.3, 0.4) is 0 Å². The fraction of sp³-hybridized carbons (Fsp3) is 0.474. The molecule has 1 aromatic carbocycles. The van der Waals surface area contributed by atoms with Gasteiger partial charge in [-0.3, -0.25) is 14.9 Å². The first kappa shape index (κ1) is 21.9. The zero-order chi connectivity index (χ0) is 19.7. The summed E-state index contributed by atoms with van der Waals surface area (Å²) in [7, 11) is -1.69. The maximum Gasteiger partial charge on any atom is 0.475 e. The lowest BCUT2D eigenvalue weighted by atomic mass is 9.75. The molecular formula is C19H27BN2O4. The van der Waals surface area contributed by atoms with Crippen molar-refractivity contribution in [1.82, 2.24) is 10.6 Å². The molecule has 2 atom stereocenters. The second-order valence-corrected chi connectivity index (χ2v) is 6.30. The first-order chi connectivity index (χ1) is 12.3. The highest BCUT2D eigenvalue weighted by molar-refractivity contribution is 6.43. The Balaban J connectivity index is 2.67. The van der Waals surface area contributed by atoms with Crippen LogP contribution in [-0.4, -0.2) is 47.4 Å². The normalized spacial score (nSPS) is 12.5. The van der Waals surface area contributed by atoms with E-state index in [9.17, 15) is 19.6 Å². The lowest BCUT2D eigenvalue weighted by Gasteiger charge is -2.20. The van der Waals surface area contributed by atoms with Gasteiger partial charge in [0, 0.05) is 0 Å². The van der Waals surface area contributed by atoms with E-state index >= 15 is 0 Å². The van der Waals surface area contributed by atoms with Crippen LogP contribution in [0, 0.1) is 25.7 Å². The molecule has 0 saturated carbocycles. The molecule has 7 heteroatoms. The van der Waals surface area contributed by atoms with Gasteiger partial charge in [-0.2, -0.15) is 0 Å². The van der Waals surface area contributed by atoms with E-state index in [1.165, 1.54) is 0 Å². The van der Waals surface area contributed by atoms with Gasteiger partial charge in [-0.15, -0.1) is 0 Å². The van der Waals surface area contributed by atoms with E-state index < -0.39 is 25.0 Å². The van der Waals surface area contributed by atoms with Crippen LogP contribution < -0.4 is 10.6 Å². The Morgan fingerprint density at radius 3 is 2.50 bits per heavy atom. The minimum atomic E-state index is -1.69. The Morgan fingerprint density at radius 2 is 1.96 bits per heavy atom. The largest absolute Gasteiger partial charge is 0.475 e. The van der Waals surface area contributed by atoms with Crippen molar-refractivity contribution < 1.29 is 19.6 Å². The van der Waals surface area contributed by atoms with Gasteiger partial charge in [0.1, 0.15) is 0 Å². The second kappa shape index (κ2) is 10.8. The molecule has 0 spiro atoms. The first-order valence-electron chi connectivity index (χ1n) is 8.70. The van der Waals surface area contributed by atoms with Crippen LogP contribution in [0.2, 0.25) is 0 Å². The summed E-state index contributed by atoms with van der Waals surface area (Å²) >= 11 is 0. The fourth-order valence-corrected chi connectivity index (χ4v) is 2.65. The van der Waals surface area contributed by atoms with Crippen molar-refractivity contribution in [3.63, 3.8) is 0 Å². The van der Waals surface area contributed by atoms with E-state index in [4.69, 9.17) is 0 Å². The number of nitrogens with one attached hydrogen (secondary N) is 2. The molecule has 4 N–H and O–H groups in total. The van der Waals surface area contributed by atoms with Gasteiger partial charge in [0.05, 0.1) is 18.5 Å². The molecule has 6 nitrogen and oxygen atoms in total. The summed E-state index contributed by atoms with van der Waals surface area (Å²) in [5, 5.41) is 24.7. The summed E-state index contributed by atoms with van der Waals surface area (Å²) in [5.41, 5.74) is 3.07. The summed E-state index contributed by atoms with van der Waals surface area (Å²) in [6, 6.07) is 5.34. The maximum absolute atomic E-state index is 12.1. The molecule has 26 heavy (non-hydrogen) atoms. The van der Waals surface area contributed by atoms with E-state index in [-0.39, 0.29) is 12.3 Å². The Bertz CT molecular complexity index is 695. The molecule has 1 amide bonds. The fourth-order valence-electron chi connectivity index (χ4n) is 2.65. The Kier molecular flexibility index (Phi) is 9.07. The van der Waals surface area contributed by atoms with Gasteiger partial charge in [-0.05, 0) is 50.7 Å². The molecule has 1 aromatic rings. The lowest BCUT2D eigenvalue weighted by Crippen LogP contribution is -2.51. The van der Waals surface area contributed by atoms with Crippen LogP contribution in [0.1, 0.15) is 37.0 Å². The zero-order valence-corrected chi connectivity index (χ0v) is 15.8. The van der Waals surface area contributed by atoms with Gasteiger partial charge < -0.3 is 15.4 Å². The van der Waals surface area contributed by atoms with Gasteiger partial charge in [0.2, 0.25) is 11.7 Å². The zero-order valence-electron chi connectivity index (χ0n) is 15.8. The number of hydrogen-bond donors (Lipinski definition) is 4. The summed E-state index contributed by atoms with van der Waals surface area (Å²) in [6.07, 6.45) is 0.808. The number of aryl methyl sites for hydroxylation is 2. The van der Waals surface area contributed by atoms with Crippen molar-refractivity contribution in [2.75, 3.05) is 6.54 Å². The molecule has 0 aliphatic rings. The summed E-state index contributed by atoms with van der Waals surface area (Å²) in [5.74, 6) is 3.49. The van der Waals surface area contributed by atoms with Gasteiger partial charge in [-0.25, -0.2) is 0 Å². The van der Waals surface area contributed by atoms with Crippen molar-refractivity contribution in [2.24, 2.45) is 0 Å². The highest BCUT2D eigenvalue weighted by Crippen LogP contribution is 2.13. The molecule has 0 radical (unpaired) electrons. The monoisotopic (exact) mass is 358 g/mol. The van der Waals surface area contributed by atoms with Crippen molar-refractivity contribution in [3.8, 4) is 11.8 Å². The smallest absolute Gasteiger partial charge is 0.426 e. The van der Waals surface area contributed by atoms with Gasteiger partial charge in [0.25, 0.3) is 0 Å². The molecule has 0 bridgehead atoms. The number of amides is 1. The third-order valence-electron chi connectivity index (χ3n) is 4.13. The molecule has 0 unspecified atom stereocenters. The van der Waals surface area contributed by atoms with E-state index in [0.29, 0.717) is 12.8 Å². The Hall–Kier alpha value is -2.14. The average Bonchev–Trinajstić information content (AvgIpc) is 2.57. The molecule has 0 saturated heterocycles. The Labute approximate surface area is 155 Å². The lowest BCUT2D eigenvalue weighted by molar-refractivity contribution is -0.121. The number of benzene rings is 1. The molecule has 0 fully saturated rings.